The summed E-state index contributed by atoms with van der Waals surface area (Å²) in [7, 11) is 0. The summed E-state index contributed by atoms with van der Waals surface area (Å²) in [6.07, 6.45) is 1.66. The summed E-state index contributed by atoms with van der Waals surface area (Å²) < 4.78 is 5.51. The minimum Gasteiger partial charge on any atom is -0.491 e. The Labute approximate surface area is 117 Å². The molecule has 0 spiro atoms. The Morgan fingerprint density at radius 2 is 2.15 bits per heavy atom. The highest BCUT2D eigenvalue weighted by molar-refractivity contribution is 5.56. The van der Waals surface area contributed by atoms with Gasteiger partial charge in [0.25, 0.3) is 5.69 Å². The number of ether oxygens (including phenoxy) is 1. The van der Waals surface area contributed by atoms with Crippen LogP contribution < -0.4 is 10.1 Å². The zero-order chi connectivity index (χ0) is 14.7. The predicted molar refractivity (Wildman–Crippen MR) is 76.1 cm³/mol. The fraction of sp³-hybridized carbons (Fsp3) is 0.571. The highest BCUT2D eigenvalue weighted by atomic mass is 16.6. The summed E-state index contributed by atoms with van der Waals surface area (Å²) in [4.78, 5) is 10.5. The molecule has 6 heteroatoms. The van der Waals surface area contributed by atoms with E-state index in [1.807, 2.05) is 13.8 Å². The number of benzene rings is 1. The van der Waals surface area contributed by atoms with Crippen molar-refractivity contribution in [1.82, 2.24) is 0 Å². The molecule has 1 atom stereocenters. The smallest absolute Gasteiger partial charge is 0.275 e. The number of nitro groups is 1. The number of aliphatic hydroxyl groups is 1. The third-order valence-corrected chi connectivity index (χ3v) is 3.16. The molecule has 20 heavy (non-hydrogen) atoms. The molecule has 1 unspecified atom stereocenters. The molecule has 110 valence electrons. The van der Waals surface area contributed by atoms with Gasteiger partial charge in [-0.25, -0.2) is 0 Å². The van der Waals surface area contributed by atoms with Crippen molar-refractivity contribution in [2.75, 3.05) is 11.9 Å². The van der Waals surface area contributed by atoms with Gasteiger partial charge in [0.05, 0.1) is 23.2 Å². The van der Waals surface area contributed by atoms with E-state index in [2.05, 4.69) is 5.32 Å². The van der Waals surface area contributed by atoms with Crippen LogP contribution in [-0.2, 0) is 0 Å². The van der Waals surface area contributed by atoms with E-state index in [1.54, 1.807) is 6.07 Å². The van der Waals surface area contributed by atoms with E-state index in [0.29, 0.717) is 23.9 Å². The van der Waals surface area contributed by atoms with Crippen LogP contribution in [0.2, 0.25) is 0 Å². The maximum absolute atomic E-state index is 10.9. The van der Waals surface area contributed by atoms with Crippen LogP contribution in [0.5, 0.6) is 5.75 Å². The maximum atomic E-state index is 10.9. The Morgan fingerprint density at radius 1 is 1.45 bits per heavy atom. The lowest BCUT2D eigenvalue weighted by Crippen LogP contribution is -2.21. The van der Waals surface area contributed by atoms with Crippen molar-refractivity contribution in [3.63, 3.8) is 0 Å². The number of hydrogen-bond donors (Lipinski definition) is 2. The van der Waals surface area contributed by atoms with Crippen LogP contribution >= 0.6 is 0 Å². The average Bonchev–Trinajstić information content (AvgIpc) is 3.19. The highest BCUT2D eigenvalue weighted by Crippen LogP contribution is 2.33. The van der Waals surface area contributed by atoms with Gasteiger partial charge in [-0.15, -0.1) is 0 Å². The second-order valence-electron chi connectivity index (χ2n) is 5.42. The van der Waals surface area contributed by atoms with Crippen molar-refractivity contribution in [3.8, 4) is 5.75 Å². The van der Waals surface area contributed by atoms with Crippen molar-refractivity contribution in [2.45, 2.75) is 38.9 Å². The van der Waals surface area contributed by atoms with E-state index < -0.39 is 11.0 Å². The molecule has 0 bridgehead atoms. The molecule has 0 amide bonds. The van der Waals surface area contributed by atoms with Crippen LogP contribution in [0.25, 0.3) is 0 Å². The molecule has 2 N–H and O–H groups in total. The molecule has 1 saturated carbocycles. The summed E-state index contributed by atoms with van der Waals surface area (Å²) >= 11 is 0. The van der Waals surface area contributed by atoms with Crippen LogP contribution in [-0.4, -0.2) is 28.8 Å². The summed E-state index contributed by atoms with van der Waals surface area (Å²) in [6, 6.07) is 4.57. The number of non-ortho nitro benzene ring substituents is 1. The minimum absolute atomic E-state index is 0.0217. The van der Waals surface area contributed by atoms with Gasteiger partial charge in [0.1, 0.15) is 5.75 Å². The Kier molecular flexibility index (Phi) is 4.44. The van der Waals surface area contributed by atoms with Crippen molar-refractivity contribution in [3.05, 3.63) is 28.3 Å². The summed E-state index contributed by atoms with van der Waals surface area (Å²) in [5.41, 5.74) is 0.570. The monoisotopic (exact) mass is 280 g/mol. The fourth-order valence-electron chi connectivity index (χ4n) is 2.00. The molecular weight excluding hydrogens is 260 g/mol. The Balaban J connectivity index is 2.08. The predicted octanol–water partition coefficient (Wildman–Crippen LogP) is 2.56. The second-order valence-corrected chi connectivity index (χ2v) is 5.42. The zero-order valence-electron chi connectivity index (χ0n) is 11.7. The molecule has 0 radical (unpaired) electrons. The molecule has 0 aliphatic heterocycles. The molecule has 2 rings (SSSR count). The van der Waals surface area contributed by atoms with Crippen LogP contribution in [0.4, 0.5) is 11.4 Å². The summed E-state index contributed by atoms with van der Waals surface area (Å²) in [5, 5.41) is 23.8. The van der Waals surface area contributed by atoms with Crippen LogP contribution in [0, 0.1) is 16.0 Å². The number of hydrogen-bond acceptors (Lipinski definition) is 5. The van der Waals surface area contributed by atoms with Crippen LogP contribution in [0.1, 0.15) is 26.7 Å². The number of aliphatic hydroxyl groups excluding tert-OH is 1. The van der Waals surface area contributed by atoms with Crippen molar-refractivity contribution >= 4 is 11.4 Å². The van der Waals surface area contributed by atoms with Gasteiger partial charge in [-0.1, -0.05) is 0 Å². The minimum atomic E-state index is -0.449. The first-order valence-electron chi connectivity index (χ1n) is 6.84. The van der Waals surface area contributed by atoms with E-state index in [-0.39, 0.29) is 11.8 Å². The van der Waals surface area contributed by atoms with Gasteiger partial charge in [0.15, 0.2) is 0 Å². The Bertz CT molecular complexity index is 486. The molecule has 1 aliphatic carbocycles. The summed E-state index contributed by atoms with van der Waals surface area (Å²) in [6.45, 7) is 4.12. The normalized spacial score (nSPS) is 16.0. The maximum Gasteiger partial charge on any atom is 0.275 e. The summed E-state index contributed by atoms with van der Waals surface area (Å²) in [5.74, 6) is 0.824. The average molecular weight is 280 g/mol. The fourth-order valence-corrected chi connectivity index (χ4v) is 2.00. The molecule has 1 fully saturated rings. The standard InChI is InChI=1S/C14H20N2O4/c1-9(2)20-13-6-11(5-12(7-13)16(18)19)15-8-14(17)10-3-4-10/h5-7,9-10,14-15,17H,3-4,8H2,1-2H3. The van der Waals surface area contributed by atoms with Gasteiger partial charge >= 0.3 is 0 Å². The third kappa shape index (κ3) is 4.09. The first-order valence-corrected chi connectivity index (χ1v) is 6.84. The first kappa shape index (κ1) is 14.6. The largest absolute Gasteiger partial charge is 0.491 e. The molecule has 0 saturated heterocycles. The molecule has 6 nitrogen and oxygen atoms in total. The lowest BCUT2D eigenvalue weighted by atomic mass is 10.2. The number of rotatable bonds is 7. The second kappa shape index (κ2) is 6.09. The Hall–Kier alpha value is -1.82. The lowest BCUT2D eigenvalue weighted by molar-refractivity contribution is -0.384. The van der Waals surface area contributed by atoms with Gasteiger partial charge in [-0.05, 0) is 32.6 Å². The van der Waals surface area contributed by atoms with Crippen LogP contribution in [0.15, 0.2) is 18.2 Å². The SMILES string of the molecule is CC(C)Oc1cc(NCC(O)C2CC2)cc([N+](=O)[O-])c1. The third-order valence-electron chi connectivity index (χ3n) is 3.16. The van der Waals surface area contributed by atoms with E-state index >= 15 is 0 Å². The van der Waals surface area contributed by atoms with E-state index in [4.69, 9.17) is 4.74 Å². The molecule has 1 aromatic carbocycles. The van der Waals surface area contributed by atoms with Gasteiger partial charge in [0, 0.05) is 24.4 Å². The number of nitrogens with one attached hydrogen (secondary N) is 1. The highest BCUT2D eigenvalue weighted by Gasteiger charge is 2.29. The van der Waals surface area contributed by atoms with Crippen molar-refractivity contribution in [1.29, 1.82) is 0 Å². The van der Waals surface area contributed by atoms with Gasteiger partial charge in [-0.2, -0.15) is 0 Å². The number of nitrogens with zero attached hydrogens (tertiary/aromatic N) is 1. The van der Waals surface area contributed by atoms with Crippen LogP contribution in [0.3, 0.4) is 0 Å². The molecule has 0 aromatic heterocycles. The zero-order valence-corrected chi connectivity index (χ0v) is 11.7. The number of anilines is 1. The topological polar surface area (TPSA) is 84.6 Å². The quantitative estimate of drug-likeness (QED) is 0.592. The Morgan fingerprint density at radius 3 is 2.70 bits per heavy atom. The van der Waals surface area contributed by atoms with E-state index in [0.717, 1.165) is 12.8 Å². The van der Waals surface area contributed by atoms with Gasteiger partial charge in [-0.3, -0.25) is 10.1 Å². The van der Waals surface area contributed by atoms with Crippen molar-refractivity contribution in [2.24, 2.45) is 5.92 Å². The first-order chi connectivity index (χ1) is 9.45. The molecule has 1 aromatic rings. The molecule has 1 aliphatic rings. The number of nitro benzene ring substituents is 1. The van der Waals surface area contributed by atoms with E-state index in [9.17, 15) is 15.2 Å². The van der Waals surface area contributed by atoms with E-state index in [1.165, 1.54) is 12.1 Å². The van der Waals surface area contributed by atoms with Gasteiger partial charge in [0.2, 0.25) is 0 Å². The van der Waals surface area contributed by atoms with Gasteiger partial charge < -0.3 is 15.2 Å². The van der Waals surface area contributed by atoms with Crippen molar-refractivity contribution < 1.29 is 14.8 Å². The molecule has 0 heterocycles. The molecular formula is C14H20N2O4. The lowest BCUT2D eigenvalue weighted by Gasteiger charge is -2.14.